The normalized spacial score (nSPS) is 18.2. The molecule has 1 amide bonds. The van der Waals surface area contributed by atoms with Crippen LogP contribution < -0.4 is 5.32 Å². The number of para-hydroxylation sites is 1. The molecule has 1 unspecified atom stereocenters. The largest absolute Gasteiger partial charge is 0.444 e. The molecule has 1 aliphatic heterocycles. The van der Waals surface area contributed by atoms with Crippen LogP contribution in [0.3, 0.4) is 0 Å². The smallest absolute Gasteiger partial charge is 0.410 e. The quantitative estimate of drug-likeness (QED) is 0.923. The summed E-state index contributed by atoms with van der Waals surface area (Å²) in [5.41, 5.74) is 0.441. The van der Waals surface area contributed by atoms with E-state index in [2.05, 4.69) is 15.3 Å². The van der Waals surface area contributed by atoms with Crippen LogP contribution in [-0.4, -0.2) is 45.7 Å². The van der Waals surface area contributed by atoms with Crippen molar-refractivity contribution in [2.75, 3.05) is 18.4 Å². The predicted octanol–water partition coefficient (Wildman–Crippen LogP) is 3.05. The molecule has 1 aromatic heterocycles. The van der Waals surface area contributed by atoms with Crippen molar-refractivity contribution in [2.45, 2.75) is 38.8 Å². The average molecular weight is 314 g/mol. The van der Waals surface area contributed by atoms with Crippen LogP contribution in [0, 0.1) is 0 Å². The molecule has 122 valence electrons. The van der Waals surface area contributed by atoms with E-state index in [1.54, 1.807) is 4.90 Å². The number of hydrogen-bond donors (Lipinski definition) is 1. The molecule has 0 spiro atoms. The standard InChI is InChI=1S/C17H22N4O2/c1-17(2,3)23-16(22)21-9-8-13(11-21)19-15-18-10-12-6-4-5-7-14(12)20-15/h4-7,10,13H,8-9,11H2,1-3H3,(H,18,19,20). The van der Waals surface area contributed by atoms with Crippen LogP contribution in [0.15, 0.2) is 30.5 Å². The van der Waals surface area contributed by atoms with Gasteiger partial charge >= 0.3 is 6.09 Å². The molecule has 1 aromatic carbocycles. The fourth-order valence-electron chi connectivity index (χ4n) is 2.59. The number of amides is 1. The topological polar surface area (TPSA) is 67.3 Å². The van der Waals surface area contributed by atoms with Gasteiger partial charge in [0.25, 0.3) is 0 Å². The van der Waals surface area contributed by atoms with Gasteiger partial charge in [0.2, 0.25) is 5.95 Å². The molecule has 6 nitrogen and oxygen atoms in total. The van der Waals surface area contributed by atoms with Crippen LogP contribution in [0.5, 0.6) is 0 Å². The van der Waals surface area contributed by atoms with E-state index < -0.39 is 5.60 Å². The number of benzene rings is 1. The molecular formula is C17H22N4O2. The van der Waals surface area contributed by atoms with Crippen LogP contribution in [0.25, 0.3) is 10.9 Å². The summed E-state index contributed by atoms with van der Waals surface area (Å²) in [5, 5.41) is 4.32. The Bertz CT molecular complexity index is 711. The first-order chi connectivity index (χ1) is 10.9. The highest BCUT2D eigenvalue weighted by Gasteiger charge is 2.30. The Hall–Kier alpha value is -2.37. The fourth-order valence-corrected chi connectivity index (χ4v) is 2.59. The third-order valence-electron chi connectivity index (χ3n) is 3.66. The average Bonchev–Trinajstić information content (AvgIpc) is 2.94. The molecule has 2 aromatic rings. The molecule has 1 saturated heterocycles. The van der Waals surface area contributed by atoms with E-state index in [1.165, 1.54) is 0 Å². The van der Waals surface area contributed by atoms with Gasteiger partial charge in [-0.25, -0.2) is 14.8 Å². The van der Waals surface area contributed by atoms with Crippen molar-refractivity contribution in [3.05, 3.63) is 30.5 Å². The van der Waals surface area contributed by atoms with Crippen LogP contribution in [-0.2, 0) is 4.74 Å². The van der Waals surface area contributed by atoms with Gasteiger partial charge in [0, 0.05) is 30.7 Å². The Kier molecular flexibility index (Phi) is 4.07. The van der Waals surface area contributed by atoms with E-state index in [-0.39, 0.29) is 12.1 Å². The Labute approximate surface area is 135 Å². The number of rotatable bonds is 2. The molecule has 1 aliphatic rings. The van der Waals surface area contributed by atoms with Crippen LogP contribution in [0.4, 0.5) is 10.7 Å². The van der Waals surface area contributed by atoms with Crippen molar-refractivity contribution in [2.24, 2.45) is 0 Å². The van der Waals surface area contributed by atoms with Gasteiger partial charge in [-0.15, -0.1) is 0 Å². The Morgan fingerprint density at radius 2 is 2.13 bits per heavy atom. The van der Waals surface area contributed by atoms with Crippen LogP contribution >= 0.6 is 0 Å². The van der Waals surface area contributed by atoms with E-state index in [4.69, 9.17) is 4.74 Å². The Balaban J connectivity index is 1.61. The van der Waals surface area contributed by atoms with Gasteiger partial charge in [0.1, 0.15) is 5.60 Å². The SMILES string of the molecule is CC(C)(C)OC(=O)N1CCC(Nc2ncc3ccccc3n2)C1. The molecule has 3 rings (SSSR count). The first kappa shape index (κ1) is 15.5. The second kappa shape index (κ2) is 6.02. The van der Waals surface area contributed by atoms with Gasteiger partial charge in [0.15, 0.2) is 0 Å². The Morgan fingerprint density at radius 3 is 2.91 bits per heavy atom. The van der Waals surface area contributed by atoms with Crippen molar-refractivity contribution in [1.29, 1.82) is 0 Å². The summed E-state index contributed by atoms with van der Waals surface area (Å²) in [6.45, 7) is 6.91. The monoisotopic (exact) mass is 314 g/mol. The Morgan fingerprint density at radius 1 is 1.35 bits per heavy atom. The number of carbonyl (C=O) groups excluding carboxylic acids is 1. The minimum atomic E-state index is -0.468. The number of hydrogen-bond acceptors (Lipinski definition) is 5. The van der Waals surface area contributed by atoms with Crippen molar-refractivity contribution < 1.29 is 9.53 Å². The molecular weight excluding hydrogens is 292 g/mol. The number of ether oxygens (including phenoxy) is 1. The van der Waals surface area contributed by atoms with E-state index in [1.807, 2.05) is 51.2 Å². The lowest BCUT2D eigenvalue weighted by molar-refractivity contribution is 0.0293. The lowest BCUT2D eigenvalue weighted by Gasteiger charge is -2.24. The number of likely N-dealkylation sites (tertiary alicyclic amines) is 1. The maximum atomic E-state index is 12.1. The summed E-state index contributed by atoms with van der Waals surface area (Å²) in [7, 11) is 0. The van der Waals surface area contributed by atoms with Gasteiger partial charge in [-0.3, -0.25) is 0 Å². The van der Waals surface area contributed by atoms with E-state index >= 15 is 0 Å². The van der Waals surface area contributed by atoms with Gasteiger partial charge in [-0.1, -0.05) is 18.2 Å². The molecule has 2 heterocycles. The first-order valence-corrected chi connectivity index (χ1v) is 7.87. The van der Waals surface area contributed by atoms with Crippen molar-refractivity contribution in [3.63, 3.8) is 0 Å². The maximum absolute atomic E-state index is 12.1. The number of nitrogens with one attached hydrogen (secondary N) is 1. The highest BCUT2D eigenvalue weighted by molar-refractivity contribution is 5.78. The van der Waals surface area contributed by atoms with Crippen molar-refractivity contribution >= 4 is 22.9 Å². The number of fused-ring (bicyclic) bond motifs is 1. The molecule has 1 N–H and O–H groups in total. The molecule has 6 heteroatoms. The molecule has 23 heavy (non-hydrogen) atoms. The second-order valence-electron chi connectivity index (χ2n) is 6.81. The predicted molar refractivity (Wildman–Crippen MR) is 89.4 cm³/mol. The summed E-state index contributed by atoms with van der Waals surface area (Å²) < 4.78 is 5.41. The van der Waals surface area contributed by atoms with E-state index in [0.29, 0.717) is 19.0 Å². The summed E-state index contributed by atoms with van der Waals surface area (Å²) in [5.74, 6) is 0.597. The summed E-state index contributed by atoms with van der Waals surface area (Å²) in [6.07, 6.45) is 2.40. The number of carbonyl (C=O) groups is 1. The lowest BCUT2D eigenvalue weighted by Crippen LogP contribution is -2.36. The van der Waals surface area contributed by atoms with Gasteiger partial charge in [-0.05, 0) is 33.3 Å². The van der Waals surface area contributed by atoms with Crippen molar-refractivity contribution in [3.8, 4) is 0 Å². The number of aromatic nitrogens is 2. The minimum absolute atomic E-state index is 0.142. The summed E-state index contributed by atoms with van der Waals surface area (Å²) in [4.78, 5) is 22.7. The molecule has 1 fully saturated rings. The molecule has 0 bridgehead atoms. The third kappa shape index (κ3) is 3.88. The minimum Gasteiger partial charge on any atom is -0.444 e. The number of nitrogens with zero attached hydrogens (tertiary/aromatic N) is 3. The summed E-state index contributed by atoms with van der Waals surface area (Å²) in [6, 6.07) is 8.01. The highest BCUT2D eigenvalue weighted by Crippen LogP contribution is 2.18. The van der Waals surface area contributed by atoms with Crippen LogP contribution in [0.2, 0.25) is 0 Å². The lowest BCUT2D eigenvalue weighted by atomic mass is 10.2. The zero-order valence-corrected chi connectivity index (χ0v) is 13.7. The summed E-state index contributed by atoms with van der Waals surface area (Å²) >= 11 is 0. The maximum Gasteiger partial charge on any atom is 0.410 e. The van der Waals surface area contributed by atoms with Gasteiger partial charge in [0.05, 0.1) is 5.52 Å². The van der Waals surface area contributed by atoms with Crippen LogP contribution in [0.1, 0.15) is 27.2 Å². The zero-order valence-electron chi connectivity index (χ0n) is 13.7. The molecule has 1 atom stereocenters. The van der Waals surface area contributed by atoms with Gasteiger partial charge in [-0.2, -0.15) is 0 Å². The molecule has 0 radical (unpaired) electrons. The highest BCUT2D eigenvalue weighted by atomic mass is 16.6. The zero-order chi connectivity index (χ0) is 16.4. The van der Waals surface area contributed by atoms with E-state index in [0.717, 1.165) is 17.3 Å². The first-order valence-electron chi connectivity index (χ1n) is 7.87. The van der Waals surface area contributed by atoms with E-state index in [9.17, 15) is 4.79 Å². The second-order valence-corrected chi connectivity index (χ2v) is 6.81. The number of anilines is 1. The fraction of sp³-hybridized carbons (Fsp3) is 0.471. The molecule has 0 saturated carbocycles. The van der Waals surface area contributed by atoms with Gasteiger partial charge < -0.3 is 15.0 Å². The van der Waals surface area contributed by atoms with Crippen molar-refractivity contribution in [1.82, 2.24) is 14.9 Å². The molecule has 0 aliphatic carbocycles. The third-order valence-corrected chi connectivity index (χ3v) is 3.66.